The summed E-state index contributed by atoms with van der Waals surface area (Å²) < 4.78 is 2.09. The van der Waals surface area contributed by atoms with Gasteiger partial charge in [-0.1, -0.05) is 36.4 Å². The highest BCUT2D eigenvalue weighted by molar-refractivity contribution is 6.39. The van der Waals surface area contributed by atoms with Crippen molar-refractivity contribution < 1.29 is 19.5 Å². The van der Waals surface area contributed by atoms with Crippen LogP contribution in [0.25, 0.3) is 43.6 Å². The van der Waals surface area contributed by atoms with E-state index < -0.39 is 5.97 Å². The van der Waals surface area contributed by atoms with Gasteiger partial charge in [-0.3, -0.25) is 19.7 Å². The molecule has 0 radical (unpaired) electrons. The maximum Gasteiger partial charge on any atom is 0.303 e. The van der Waals surface area contributed by atoms with E-state index in [0.717, 1.165) is 49.2 Å². The molecule has 2 aromatic heterocycles. The molecule has 0 spiro atoms. The van der Waals surface area contributed by atoms with Gasteiger partial charge in [-0.25, -0.2) is 0 Å². The SMILES string of the molecule is Cn1c2c(CNCCCC(=O)O)cccc2c2c3c(c4c5ccccc5[nH]c4c21)C(=O)NC3=O. The van der Waals surface area contributed by atoms with E-state index in [-0.39, 0.29) is 18.2 Å². The summed E-state index contributed by atoms with van der Waals surface area (Å²) in [7, 11) is 1.98. The second-order valence-corrected chi connectivity index (χ2v) is 8.72. The number of H-pyrrole nitrogens is 1. The number of carbonyl (C=O) groups excluding carboxylic acids is 2. The van der Waals surface area contributed by atoms with Gasteiger partial charge in [0, 0.05) is 47.1 Å². The Morgan fingerprint density at radius 1 is 0.971 bits per heavy atom. The molecule has 1 aliphatic heterocycles. The van der Waals surface area contributed by atoms with Crippen molar-refractivity contribution in [1.29, 1.82) is 0 Å². The van der Waals surface area contributed by atoms with Gasteiger partial charge in [0.1, 0.15) is 0 Å². The minimum absolute atomic E-state index is 0.124. The second-order valence-electron chi connectivity index (χ2n) is 8.72. The molecule has 3 aromatic carbocycles. The number of nitrogens with zero attached hydrogens (tertiary/aromatic N) is 1. The Balaban J connectivity index is 1.64. The quantitative estimate of drug-likeness (QED) is 0.230. The van der Waals surface area contributed by atoms with Gasteiger partial charge in [0.2, 0.25) is 0 Å². The molecule has 0 saturated carbocycles. The van der Waals surface area contributed by atoms with Crippen molar-refractivity contribution in [3.63, 3.8) is 0 Å². The van der Waals surface area contributed by atoms with E-state index in [0.29, 0.717) is 30.6 Å². The second kappa shape index (κ2) is 7.43. The number of carboxylic acid groups (broad SMARTS) is 1. The van der Waals surface area contributed by atoms with Crippen LogP contribution in [0.4, 0.5) is 0 Å². The normalized spacial score (nSPS) is 13.4. The number of hydrogen-bond donors (Lipinski definition) is 4. The fourth-order valence-corrected chi connectivity index (χ4v) is 5.38. The van der Waals surface area contributed by atoms with Gasteiger partial charge >= 0.3 is 5.97 Å². The van der Waals surface area contributed by atoms with E-state index >= 15 is 0 Å². The molecule has 5 aromatic rings. The lowest BCUT2D eigenvalue weighted by Gasteiger charge is -2.08. The zero-order valence-electron chi connectivity index (χ0n) is 18.5. The topological polar surface area (TPSA) is 116 Å². The third-order valence-corrected chi connectivity index (χ3v) is 6.73. The first kappa shape index (κ1) is 20.4. The number of nitrogens with one attached hydrogen (secondary N) is 3. The summed E-state index contributed by atoms with van der Waals surface area (Å²) in [6.07, 6.45) is 0.671. The van der Waals surface area contributed by atoms with Gasteiger partial charge in [0.25, 0.3) is 11.8 Å². The molecule has 6 rings (SSSR count). The number of hydrogen-bond acceptors (Lipinski definition) is 4. The summed E-state index contributed by atoms with van der Waals surface area (Å²) in [4.78, 5) is 40.2. The summed E-state index contributed by atoms with van der Waals surface area (Å²) in [6, 6.07) is 13.8. The molecular formula is C26H22N4O4. The first-order valence-corrected chi connectivity index (χ1v) is 11.2. The molecule has 0 atom stereocenters. The Kier molecular flexibility index (Phi) is 4.46. The smallest absolute Gasteiger partial charge is 0.303 e. The third-order valence-electron chi connectivity index (χ3n) is 6.73. The summed E-state index contributed by atoms with van der Waals surface area (Å²) in [5, 5.41) is 18.0. The molecule has 3 heterocycles. The number of imide groups is 1. The number of fused-ring (bicyclic) bond motifs is 10. The molecule has 0 unspecified atom stereocenters. The molecule has 0 aliphatic carbocycles. The van der Waals surface area contributed by atoms with E-state index in [1.54, 1.807) is 0 Å². The highest BCUT2D eigenvalue weighted by Gasteiger charge is 2.35. The standard InChI is InChI=1S/C26H22N4O4/c1-30-23-13(12-27-11-5-10-17(31)32)6-4-8-15(23)19-21-20(25(33)29-26(21)34)18-14-7-2-3-9-16(14)28-22(18)24(19)30/h2-4,6-9,27-28H,5,10-12H2,1H3,(H,31,32)(H,29,33,34). The largest absolute Gasteiger partial charge is 0.481 e. The molecular weight excluding hydrogens is 432 g/mol. The number of para-hydroxylation sites is 2. The van der Waals surface area contributed by atoms with Crippen LogP contribution in [0.2, 0.25) is 0 Å². The lowest BCUT2D eigenvalue weighted by molar-refractivity contribution is -0.137. The molecule has 0 fully saturated rings. The van der Waals surface area contributed by atoms with Gasteiger partial charge in [-0.2, -0.15) is 0 Å². The number of carboxylic acids is 1. The fourth-order valence-electron chi connectivity index (χ4n) is 5.38. The number of aromatic amines is 1. The number of aryl methyl sites for hydroxylation is 1. The van der Waals surface area contributed by atoms with Crippen LogP contribution in [0.5, 0.6) is 0 Å². The van der Waals surface area contributed by atoms with Crippen LogP contribution in [0.3, 0.4) is 0 Å². The van der Waals surface area contributed by atoms with Crippen molar-refractivity contribution >= 4 is 61.4 Å². The lowest BCUT2D eigenvalue weighted by Crippen LogP contribution is -2.20. The third kappa shape index (κ3) is 2.78. The molecule has 0 saturated heterocycles. The number of amides is 2. The molecule has 4 N–H and O–H groups in total. The van der Waals surface area contributed by atoms with Crippen molar-refractivity contribution in [2.75, 3.05) is 6.54 Å². The number of benzene rings is 3. The zero-order valence-corrected chi connectivity index (χ0v) is 18.5. The van der Waals surface area contributed by atoms with Crippen LogP contribution in [-0.2, 0) is 18.4 Å². The number of carbonyl (C=O) groups is 3. The Bertz CT molecular complexity index is 1690. The minimum atomic E-state index is -0.804. The van der Waals surface area contributed by atoms with Crippen molar-refractivity contribution in [3.8, 4) is 0 Å². The lowest BCUT2D eigenvalue weighted by atomic mass is 9.96. The van der Waals surface area contributed by atoms with Crippen LogP contribution in [-0.4, -0.2) is 39.0 Å². The zero-order chi connectivity index (χ0) is 23.6. The van der Waals surface area contributed by atoms with Gasteiger partial charge in [-0.15, -0.1) is 0 Å². The van der Waals surface area contributed by atoms with Gasteiger partial charge < -0.3 is 20.0 Å². The van der Waals surface area contributed by atoms with E-state index in [4.69, 9.17) is 5.11 Å². The molecule has 34 heavy (non-hydrogen) atoms. The van der Waals surface area contributed by atoms with Gasteiger partial charge in [0.15, 0.2) is 0 Å². The van der Waals surface area contributed by atoms with Crippen LogP contribution in [0, 0.1) is 0 Å². The first-order valence-electron chi connectivity index (χ1n) is 11.2. The van der Waals surface area contributed by atoms with E-state index in [2.05, 4.69) is 20.2 Å². The highest BCUT2D eigenvalue weighted by Crippen LogP contribution is 2.43. The minimum Gasteiger partial charge on any atom is -0.481 e. The van der Waals surface area contributed by atoms with Crippen LogP contribution in [0.15, 0.2) is 42.5 Å². The van der Waals surface area contributed by atoms with Crippen molar-refractivity contribution in [1.82, 2.24) is 20.2 Å². The van der Waals surface area contributed by atoms with Crippen molar-refractivity contribution in [3.05, 3.63) is 59.2 Å². The van der Waals surface area contributed by atoms with E-state index in [1.165, 1.54) is 0 Å². The van der Waals surface area contributed by atoms with Crippen LogP contribution in [0.1, 0.15) is 39.1 Å². The van der Waals surface area contributed by atoms with Gasteiger partial charge in [0.05, 0.1) is 27.7 Å². The summed E-state index contributed by atoms with van der Waals surface area (Å²) in [5.74, 6) is -1.55. The Labute approximate surface area is 193 Å². The summed E-state index contributed by atoms with van der Waals surface area (Å²) in [5.41, 5.74) is 5.48. The van der Waals surface area contributed by atoms with Crippen LogP contribution < -0.4 is 10.6 Å². The average molecular weight is 454 g/mol. The molecule has 2 amide bonds. The summed E-state index contributed by atoms with van der Waals surface area (Å²) >= 11 is 0. The Morgan fingerprint density at radius 3 is 2.50 bits per heavy atom. The number of rotatable bonds is 6. The van der Waals surface area contributed by atoms with Crippen molar-refractivity contribution in [2.24, 2.45) is 7.05 Å². The Hall–Kier alpha value is -4.17. The number of aromatic nitrogens is 2. The maximum absolute atomic E-state index is 13.0. The first-order chi connectivity index (χ1) is 16.5. The molecule has 8 heteroatoms. The predicted molar refractivity (Wildman–Crippen MR) is 130 cm³/mol. The fraction of sp³-hybridized carbons (Fsp3) is 0.192. The monoisotopic (exact) mass is 454 g/mol. The average Bonchev–Trinajstić information content (AvgIpc) is 3.43. The Morgan fingerprint density at radius 2 is 1.71 bits per heavy atom. The van der Waals surface area contributed by atoms with Crippen molar-refractivity contribution in [2.45, 2.75) is 19.4 Å². The van der Waals surface area contributed by atoms with Gasteiger partial charge in [-0.05, 0) is 24.6 Å². The van der Waals surface area contributed by atoms with E-state index in [1.807, 2.05) is 49.5 Å². The molecule has 1 aliphatic rings. The predicted octanol–water partition coefficient (Wildman–Crippen LogP) is 3.80. The molecule has 0 bridgehead atoms. The molecule has 8 nitrogen and oxygen atoms in total. The maximum atomic E-state index is 13.0. The molecule has 170 valence electrons. The highest BCUT2D eigenvalue weighted by atomic mass is 16.4. The number of aliphatic carboxylic acids is 1. The summed E-state index contributed by atoms with van der Waals surface area (Å²) in [6.45, 7) is 1.15. The van der Waals surface area contributed by atoms with Crippen LogP contribution >= 0.6 is 0 Å². The van der Waals surface area contributed by atoms with E-state index in [9.17, 15) is 14.4 Å².